The molecule has 3 rings (SSSR count). The fraction of sp³-hybridized carbons (Fsp3) is 0.387. The minimum atomic E-state index is -2.86. The molecular formula is C31H40IO2P. The molecule has 0 fully saturated rings. The van der Waals surface area contributed by atoms with Crippen molar-refractivity contribution in [2.24, 2.45) is 0 Å². The molecule has 35 heavy (non-hydrogen) atoms. The predicted molar refractivity (Wildman–Crippen MR) is 163 cm³/mol. The van der Waals surface area contributed by atoms with Crippen LogP contribution in [0.1, 0.15) is 65.5 Å². The van der Waals surface area contributed by atoms with Crippen LogP contribution in [0.3, 0.4) is 0 Å². The Morgan fingerprint density at radius 1 is 0.600 bits per heavy atom. The van der Waals surface area contributed by atoms with Crippen LogP contribution < -0.4 is 15.9 Å². The second-order valence-electron chi connectivity index (χ2n) is 10.5. The molecule has 0 bridgehead atoms. The van der Waals surface area contributed by atoms with E-state index in [1.54, 1.807) is 0 Å². The van der Waals surface area contributed by atoms with Crippen LogP contribution >= 0.6 is 26.3 Å². The Labute approximate surface area is 225 Å². The third-order valence-electron chi connectivity index (χ3n) is 6.95. The van der Waals surface area contributed by atoms with Gasteiger partial charge in [0, 0.05) is 0 Å². The van der Waals surface area contributed by atoms with Crippen LogP contribution in [0.15, 0.2) is 54.6 Å². The number of carboxylic acid groups (broad SMARTS) is 1. The van der Waals surface area contributed by atoms with Gasteiger partial charge in [0.2, 0.25) is 0 Å². The Kier molecular flexibility index (Phi) is 8.86. The number of aliphatic carboxylic acids is 1. The first-order chi connectivity index (χ1) is 16.4. The summed E-state index contributed by atoms with van der Waals surface area (Å²) in [5, 5.41) is 13.4. The molecule has 4 heteroatoms. The van der Waals surface area contributed by atoms with Crippen molar-refractivity contribution in [3.63, 3.8) is 0 Å². The average Bonchev–Trinajstić information content (AvgIpc) is 2.74. The van der Waals surface area contributed by atoms with E-state index < -0.39 is 10.2 Å². The van der Waals surface area contributed by atoms with Crippen LogP contribution in [0, 0.1) is 41.5 Å². The van der Waals surface area contributed by atoms with Crippen LogP contribution in [-0.4, -0.2) is 17.2 Å². The summed E-state index contributed by atoms with van der Waals surface area (Å²) in [6.45, 7) is 13.3. The number of carbonyl (C=O) groups is 1. The molecule has 0 radical (unpaired) electrons. The molecule has 0 spiro atoms. The van der Waals surface area contributed by atoms with Crippen LogP contribution in [-0.2, 0) is 4.79 Å². The quantitative estimate of drug-likeness (QED) is 0.146. The summed E-state index contributed by atoms with van der Waals surface area (Å²) in [4.78, 5) is 11.0. The van der Waals surface area contributed by atoms with Crippen LogP contribution in [0.25, 0.3) is 0 Å². The molecule has 0 aliphatic heterocycles. The Hall–Kier alpha value is -1.71. The zero-order chi connectivity index (χ0) is 25.8. The third-order valence-corrected chi connectivity index (χ3v) is 18.6. The van der Waals surface area contributed by atoms with Gasteiger partial charge in [0.15, 0.2) is 0 Å². The van der Waals surface area contributed by atoms with Gasteiger partial charge in [-0.2, -0.15) is 0 Å². The number of unbranched alkanes of at least 4 members (excludes halogenated alkanes) is 3. The van der Waals surface area contributed by atoms with E-state index >= 15 is 0 Å². The number of halogens is 1. The Morgan fingerprint density at radius 3 is 1.23 bits per heavy atom. The van der Waals surface area contributed by atoms with Gasteiger partial charge in [0.25, 0.3) is 0 Å². The second kappa shape index (κ2) is 11.1. The van der Waals surface area contributed by atoms with Gasteiger partial charge in [0.1, 0.15) is 0 Å². The van der Waals surface area contributed by atoms with Gasteiger partial charge in [-0.1, -0.05) is 0 Å². The van der Waals surface area contributed by atoms with Gasteiger partial charge in [-0.15, -0.1) is 0 Å². The molecule has 188 valence electrons. The van der Waals surface area contributed by atoms with E-state index in [0.717, 1.165) is 31.8 Å². The zero-order valence-electron chi connectivity index (χ0n) is 22.1. The second-order valence-corrected chi connectivity index (χ2v) is 21.3. The first kappa shape index (κ1) is 27.9. The summed E-state index contributed by atoms with van der Waals surface area (Å²) in [5.74, 6) is -0.695. The van der Waals surface area contributed by atoms with Crippen molar-refractivity contribution in [1.29, 1.82) is 0 Å². The van der Waals surface area contributed by atoms with Crippen molar-refractivity contribution in [2.45, 2.75) is 73.6 Å². The number of carboxylic acids is 1. The molecule has 0 heterocycles. The average molecular weight is 603 g/mol. The number of rotatable bonds is 10. The fourth-order valence-electron chi connectivity index (χ4n) is 5.53. The first-order valence-electron chi connectivity index (χ1n) is 12.6. The summed E-state index contributed by atoms with van der Waals surface area (Å²) in [7, 11) is 0. The summed E-state index contributed by atoms with van der Waals surface area (Å²) >= 11 is 2.91. The van der Waals surface area contributed by atoms with Crippen LogP contribution in [0.5, 0.6) is 0 Å². The van der Waals surface area contributed by atoms with Gasteiger partial charge in [-0.25, -0.2) is 0 Å². The maximum absolute atomic E-state index is 11.0. The molecule has 0 aliphatic rings. The van der Waals surface area contributed by atoms with E-state index in [-0.39, 0.29) is 6.42 Å². The van der Waals surface area contributed by atoms with Gasteiger partial charge in [-0.3, -0.25) is 0 Å². The standard InChI is InChI=1S/C31H40IO2P/c1-22-13-23(2)17-28(16-22)35(32,12-10-8-7-9-11-31(33)34,29-18-24(3)14-25(4)19-29)30-20-26(5)15-27(6)21-30/h13-21H,7-12H2,1-6H3,(H,33,34). The van der Waals surface area contributed by atoms with E-state index in [1.807, 2.05) is 0 Å². The van der Waals surface area contributed by atoms with Gasteiger partial charge in [-0.05, 0) is 0 Å². The van der Waals surface area contributed by atoms with Crippen molar-refractivity contribution >= 4 is 48.2 Å². The molecule has 1 N–H and O–H groups in total. The zero-order valence-corrected chi connectivity index (χ0v) is 25.2. The minimum absolute atomic E-state index is 0.263. The maximum atomic E-state index is 11.0. The normalized spacial score (nSPS) is 12.8. The molecule has 0 saturated carbocycles. The molecular weight excluding hydrogens is 562 g/mol. The first-order valence-corrected chi connectivity index (χ1v) is 17.8. The van der Waals surface area contributed by atoms with Crippen molar-refractivity contribution < 1.29 is 9.90 Å². The molecule has 2 nitrogen and oxygen atoms in total. The number of benzene rings is 3. The third kappa shape index (κ3) is 6.17. The number of hydrogen-bond donors (Lipinski definition) is 1. The topological polar surface area (TPSA) is 37.3 Å². The predicted octanol–water partition coefficient (Wildman–Crippen LogP) is 7.75. The monoisotopic (exact) mass is 602 g/mol. The van der Waals surface area contributed by atoms with Gasteiger partial charge >= 0.3 is 226 Å². The Morgan fingerprint density at radius 2 is 0.914 bits per heavy atom. The molecule has 0 atom stereocenters. The van der Waals surface area contributed by atoms with Gasteiger partial charge in [0.05, 0.1) is 0 Å². The SMILES string of the molecule is Cc1cc(C)cc(P(I)(CCCCCCC(=O)O)(c2cc(C)cc(C)c2)c2cc(C)cc(C)c2)c1. The van der Waals surface area contributed by atoms with E-state index in [0.29, 0.717) is 0 Å². The summed E-state index contributed by atoms with van der Waals surface area (Å²) in [6.07, 6.45) is 5.18. The molecule has 0 unspecified atom stereocenters. The van der Waals surface area contributed by atoms with Crippen molar-refractivity contribution in [3.05, 3.63) is 88.0 Å². The van der Waals surface area contributed by atoms with Crippen molar-refractivity contribution in [2.75, 3.05) is 6.16 Å². The fourth-order valence-corrected chi connectivity index (χ4v) is 14.4. The number of aryl methyl sites for hydroxylation is 6. The molecule has 0 aliphatic carbocycles. The number of hydrogen-bond acceptors (Lipinski definition) is 1. The summed E-state index contributed by atoms with van der Waals surface area (Å²) in [5.41, 5.74) is 7.84. The van der Waals surface area contributed by atoms with Crippen molar-refractivity contribution in [1.82, 2.24) is 0 Å². The summed E-state index contributed by atoms with van der Waals surface area (Å²) < 4.78 is -2.86. The Balaban J connectivity index is 2.29. The van der Waals surface area contributed by atoms with Gasteiger partial charge < -0.3 is 0 Å². The Bertz CT molecular complexity index is 1040. The van der Waals surface area contributed by atoms with Crippen LogP contribution in [0.4, 0.5) is 0 Å². The molecule has 3 aromatic rings. The van der Waals surface area contributed by atoms with Crippen LogP contribution in [0.2, 0.25) is 0 Å². The molecule has 3 aromatic carbocycles. The van der Waals surface area contributed by atoms with Crippen molar-refractivity contribution in [3.8, 4) is 0 Å². The van der Waals surface area contributed by atoms with E-state index in [2.05, 4.69) is 118 Å². The van der Waals surface area contributed by atoms with E-state index in [9.17, 15) is 4.79 Å². The van der Waals surface area contributed by atoms with E-state index in [4.69, 9.17) is 5.11 Å². The van der Waals surface area contributed by atoms with E-state index in [1.165, 1.54) is 49.3 Å². The molecule has 0 saturated heterocycles. The molecule has 0 aromatic heterocycles. The summed E-state index contributed by atoms with van der Waals surface area (Å²) in [6, 6.07) is 21.4. The molecule has 0 amide bonds.